The van der Waals surface area contributed by atoms with Crippen LogP contribution in [0.5, 0.6) is 0 Å². The number of carbonyl (C=O) groups is 1. The van der Waals surface area contributed by atoms with E-state index in [1.54, 1.807) is 17.3 Å². The van der Waals surface area contributed by atoms with Gasteiger partial charge in [-0.15, -0.1) is 11.3 Å². The maximum Gasteiger partial charge on any atom is 0.269 e. The lowest BCUT2D eigenvalue weighted by molar-refractivity contribution is -0.118. The number of ether oxygens (including phenoxy) is 1. The molecule has 6 nitrogen and oxygen atoms in total. The van der Waals surface area contributed by atoms with Crippen LogP contribution in [0.2, 0.25) is 0 Å². The van der Waals surface area contributed by atoms with E-state index in [1.165, 1.54) is 11.3 Å². The number of thiophene rings is 1. The van der Waals surface area contributed by atoms with E-state index in [-0.39, 0.29) is 30.3 Å². The summed E-state index contributed by atoms with van der Waals surface area (Å²) in [5, 5.41) is 9.70. The van der Waals surface area contributed by atoms with Crippen molar-refractivity contribution in [2.45, 2.75) is 25.3 Å². The number of aromatic nitrogens is 2. The van der Waals surface area contributed by atoms with Crippen molar-refractivity contribution in [1.82, 2.24) is 15.5 Å². The molecule has 0 spiro atoms. The molecule has 2 aromatic heterocycles. The number of hydrogen-bond acceptors (Lipinski definition) is 5. The summed E-state index contributed by atoms with van der Waals surface area (Å²) in [6.45, 7) is 3.09. The van der Waals surface area contributed by atoms with Crippen LogP contribution in [0.4, 0.5) is 14.5 Å². The minimum atomic E-state index is -2.83. The lowest BCUT2D eigenvalue weighted by Crippen LogP contribution is -2.60. The topological polar surface area (TPSA) is 70.2 Å². The Labute approximate surface area is 152 Å². The third-order valence-corrected chi connectivity index (χ3v) is 6.80. The predicted molar refractivity (Wildman–Crippen MR) is 92.9 cm³/mol. The van der Waals surface area contributed by atoms with Crippen LogP contribution < -0.4 is 10.2 Å². The van der Waals surface area contributed by atoms with E-state index < -0.39 is 5.92 Å². The van der Waals surface area contributed by atoms with Crippen molar-refractivity contribution < 1.29 is 18.3 Å². The molecule has 3 aliphatic rings. The molecule has 1 atom stereocenters. The fraction of sp³-hybridized carbons (Fsp3) is 0.529. The van der Waals surface area contributed by atoms with Gasteiger partial charge in [0.25, 0.3) is 11.8 Å². The van der Waals surface area contributed by atoms with Crippen molar-refractivity contribution in [3.8, 4) is 10.4 Å². The summed E-state index contributed by atoms with van der Waals surface area (Å²) in [4.78, 5) is 15.8. The fourth-order valence-corrected chi connectivity index (χ4v) is 5.28. The molecule has 1 saturated heterocycles. The van der Waals surface area contributed by atoms with Crippen LogP contribution in [0, 0.1) is 5.41 Å². The Morgan fingerprint density at radius 2 is 2.19 bits per heavy atom. The van der Waals surface area contributed by atoms with Crippen molar-refractivity contribution in [2.24, 2.45) is 5.41 Å². The Morgan fingerprint density at radius 1 is 1.38 bits per heavy atom. The van der Waals surface area contributed by atoms with Crippen LogP contribution in [-0.4, -0.2) is 54.4 Å². The fourth-order valence-electron chi connectivity index (χ4n) is 4.06. The molecule has 0 bridgehead atoms. The first-order valence-electron chi connectivity index (χ1n) is 8.52. The quantitative estimate of drug-likeness (QED) is 0.839. The SMILES string of the molecule is CC1([C@H]2CN3CC(F)(F)Cc4c(-c5cn[nH]c5)sc(c43)C(=O)N2)COC1. The van der Waals surface area contributed by atoms with Gasteiger partial charge >= 0.3 is 0 Å². The second-order valence-electron chi connectivity index (χ2n) is 7.66. The molecule has 138 valence electrons. The summed E-state index contributed by atoms with van der Waals surface area (Å²) in [6.07, 6.45) is 2.92. The molecule has 3 aliphatic heterocycles. The number of halogens is 2. The largest absolute Gasteiger partial charge is 0.380 e. The zero-order valence-corrected chi connectivity index (χ0v) is 15.0. The highest BCUT2D eigenvalue weighted by molar-refractivity contribution is 7.18. The first-order chi connectivity index (χ1) is 12.4. The van der Waals surface area contributed by atoms with Crippen LogP contribution in [0.1, 0.15) is 22.2 Å². The molecule has 0 aromatic carbocycles. The number of H-pyrrole nitrogens is 1. The highest BCUT2D eigenvalue weighted by Gasteiger charge is 2.49. The lowest BCUT2D eigenvalue weighted by Gasteiger charge is -2.46. The summed E-state index contributed by atoms with van der Waals surface area (Å²) >= 11 is 1.27. The summed E-state index contributed by atoms with van der Waals surface area (Å²) in [5.74, 6) is -3.02. The van der Waals surface area contributed by atoms with Crippen LogP contribution in [0.15, 0.2) is 12.4 Å². The number of amides is 1. The summed E-state index contributed by atoms with van der Waals surface area (Å²) in [6, 6.07) is -0.220. The van der Waals surface area contributed by atoms with Gasteiger partial charge in [0.2, 0.25) is 0 Å². The molecule has 2 aromatic rings. The third kappa shape index (κ3) is 2.30. The Bertz CT molecular complexity index is 876. The monoisotopic (exact) mass is 380 g/mol. The number of hydrogen-bond donors (Lipinski definition) is 2. The number of rotatable bonds is 2. The van der Waals surface area contributed by atoms with Gasteiger partial charge in [0.15, 0.2) is 0 Å². The summed E-state index contributed by atoms with van der Waals surface area (Å²) < 4.78 is 34.4. The van der Waals surface area contributed by atoms with Gasteiger partial charge in [-0.3, -0.25) is 9.89 Å². The third-order valence-electron chi connectivity index (χ3n) is 5.53. The highest BCUT2D eigenvalue weighted by Crippen LogP contribution is 2.49. The van der Waals surface area contributed by atoms with E-state index in [2.05, 4.69) is 15.5 Å². The normalized spacial score (nSPS) is 25.9. The number of aromatic amines is 1. The molecule has 5 rings (SSSR count). The van der Waals surface area contributed by atoms with Crippen molar-refractivity contribution in [1.29, 1.82) is 0 Å². The Hall–Kier alpha value is -2.00. The lowest BCUT2D eigenvalue weighted by atomic mass is 9.80. The Morgan fingerprint density at radius 3 is 2.85 bits per heavy atom. The predicted octanol–water partition coefficient (Wildman–Crippen LogP) is 2.28. The molecule has 0 radical (unpaired) electrons. The maximum atomic E-state index is 14.5. The van der Waals surface area contributed by atoms with E-state index in [9.17, 15) is 13.6 Å². The van der Waals surface area contributed by atoms with Crippen LogP contribution in [-0.2, 0) is 11.2 Å². The van der Waals surface area contributed by atoms with Crippen LogP contribution in [0.3, 0.4) is 0 Å². The molecule has 1 amide bonds. The second kappa shape index (κ2) is 5.26. The van der Waals surface area contributed by atoms with Crippen LogP contribution >= 0.6 is 11.3 Å². The molecule has 5 heterocycles. The number of alkyl halides is 2. The van der Waals surface area contributed by atoms with Gasteiger partial charge in [-0.2, -0.15) is 5.10 Å². The molecular formula is C17H18F2N4O2S. The van der Waals surface area contributed by atoms with Crippen molar-refractivity contribution in [3.05, 3.63) is 22.8 Å². The second-order valence-corrected chi connectivity index (χ2v) is 8.68. The van der Waals surface area contributed by atoms with Gasteiger partial charge in [-0.25, -0.2) is 8.78 Å². The number of anilines is 1. The van der Waals surface area contributed by atoms with Gasteiger partial charge < -0.3 is 15.0 Å². The minimum absolute atomic E-state index is 0.188. The molecule has 1 fully saturated rings. The average molecular weight is 380 g/mol. The molecule has 26 heavy (non-hydrogen) atoms. The van der Waals surface area contributed by atoms with E-state index in [0.717, 1.165) is 5.56 Å². The van der Waals surface area contributed by atoms with E-state index in [4.69, 9.17) is 4.74 Å². The minimum Gasteiger partial charge on any atom is -0.380 e. The van der Waals surface area contributed by atoms with Gasteiger partial charge in [0, 0.05) is 40.6 Å². The standard InChI is InChI=1S/C17H18F2N4O2S/c1-16(7-25-8-16)11-5-23-6-17(18,19)2-10-12(23)14(15(24)22-11)26-13(10)9-3-20-21-4-9/h3-4,11H,2,5-8H2,1H3,(H,20,21)(H,22,24)/t11-/m1/s1. The van der Waals surface area contributed by atoms with E-state index in [1.807, 2.05) is 6.92 Å². The molecule has 9 heteroatoms. The zero-order chi connectivity index (χ0) is 18.1. The maximum absolute atomic E-state index is 14.5. The number of nitrogens with one attached hydrogen (secondary N) is 2. The van der Waals surface area contributed by atoms with E-state index in [0.29, 0.717) is 40.8 Å². The first-order valence-corrected chi connectivity index (χ1v) is 9.34. The summed E-state index contributed by atoms with van der Waals surface area (Å²) in [7, 11) is 0. The van der Waals surface area contributed by atoms with Crippen molar-refractivity contribution in [2.75, 3.05) is 31.2 Å². The van der Waals surface area contributed by atoms with Gasteiger partial charge in [0.1, 0.15) is 4.88 Å². The number of nitrogens with zero attached hydrogens (tertiary/aromatic N) is 2. The number of carbonyl (C=O) groups excluding carboxylic acids is 1. The van der Waals surface area contributed by atoms with Gasteiger partial charge in [0.05, 0.1) is 37.7 Å². The first kappa shape index (κ1) is 16.2. The average Bonchev–Trinajstić information content (AvgIpc) is 3.15. The van der Waals surface area contributed by atoms with Crippen molar-refractivity contribution in [3.63, 3.8) is 0 Å². The van der Waals surface area contributed by atoms with E-state index >= 15 is 0 Å². The highest BCUT2D eigenvalue weighted by atomic mass is 32.1. The van der Waals surface area contributed by atoms with Crippen molar-refractivity contribution >= 4 is 22.9 Å². The zero-order valence-electron chi connectivity index (χ0n) is 14.1. The Balaban J connectivity index is 1.64. The summed E-state index contributed by atoms with van der Waals surface area (Å²) in [5.41, 5.74) is 1.73. The molecule has 0 unspecified atom stereocenters. The Kier molecular flexibility index (Phi) is 3.28. The van der Waals surface area contributed by atoms with Gasteiger partial charge in [-0.05, 0) is 0 Å². The molecule has 0 aliphatic carbocycles. The van der Waals surface area contributed by atoms with Gasteiger partial charge in [-0.1, -0.05) is 6.92 Å². The van der Waals surface area contributed by atoms with Crippen LogP contribution in [0.25, 0.3) is 10.4 Å². The smallest absolute Gasteiger partial charge is 0.269 e. The molecular weight excluding hydrogens is 362 g/mol. The molecule has 0 saturated carbocycles. The molecule has 2 N–H and O–H groups in total.